The van der Waals surface area contributed by atoms with Gasteiger partial charge in [0, 0.05) is 24.2 Å². The first-order valence-electron chi connectivity index (χ1n) is 7.25. The third-order valence-electron chi connectivity index (χ3n) is 3.99. The zero-order chi connectivity index (χ0) is 15.5. The Hall–Kier alpha value is -1.98. The summed E-state index contributed by atoms with van der Waals surface area (Å²) in [5, 5.41) is 3.39. The molecule has 0 saturated heterocycles. The number of hydrogen-bond donors (Lipinski definition) is 2. The smallest absolute Gasteiger partial charge is 0.387 e. The Balaban J connectivity index is 1.72. The maximum atomic E-state index is 12.4. The van der Waals surface area contributed by atoms with Gasteiger partial charge in [-0.1, -0.05) is 42.5 Å². The molecule has 0 bridgehead atoms. The van der Waals surface area contributed by atoms with Gasteiger partial charge in [0.1, 0.15) is 5.75 Å². The van der Waals surface area contributed by atoms with Crippen molar-refractivity contribution in [3.8, 4) is 5.75 Å². The summed E-state index contributed by atoms with van der Waals surface area (Å²) >= 11 is 0. The molecule has 0 aliphatic heterocycles. The van der Waals surface area contributed by atoms with Crippen molar-refractivity contribution < 1.29 is 13.5 Å². The molecular formula is C17H18F2N2O. The lowest BCUT2D eigenvalue weighted by Crippen LogP contribution is -2.20. The average molecular weight is 304 g/mol. The molecule has 0 aromatic heterocycles. The van der Waals surface area contributed by atoms with Gasteiger partial charge in [-0.25, -0.2) is 0 Å². The second-order valence-electron chi connectivity index (χ2n) is 5.39. The molecular weight excluding hydrogens is 286 g/mol. The first-order valence-corrected chi connectivity index (χ1v) is 7.25. The van der Waals surface area contributed by atoms with Crippen LogP contribution in [0.25, 0.3) is 0 Å². The summed E-state index contributed by atoms with van der Waals surface area (Å²) < 4.78 is 29.4. The number of ether oxygens (including phenoxy) is 1. The van der Waals surface area contributed by atoms with Crippen molar-refractivity contribution in [2.45, 2.75) is 31.7 Å². The van der Waals surface area contributed by atoms with Crippen molar-refractivity contribution in [3.63, 3.8) is 0 Å². The van der Waals surface area contributed by atoms with Crippen LogP contribution in [0.2, 0.25) is 0 Å². The van der Waals surface area contributed by atoms with Gasteiger partial charge in [-0.05, 0) is 23.6 Å². The van der Waals surface area contributed by atoms with Crippen molar-refractivity contribution in [1.29, 1.82) is 0 Å². The summed E-state index contributed by atoms with van der Waals surface area (Å²) in [6.45, 7) is -2.36. The number of halogens is 2. The highest BCUT2D eigenvalue weighted by Gasteiger charge is 2.27. The molecule has 0 amide bonds. The highest BCUT2D eigenvalue weighted by atomic mass is 19.3. The fourth-order valence-electron chi connectivity index (χ4n) is 2.96. The summed E-state index contributed by atoms with van der Waals surface area (Å²) in [4.78, 5) is 0. The average Bonchev–Trinajstić information content (AvgIpc) is 2.83. The first kappa shape index (κ1) is 14.9. The van der Waals surface area contributed by atoms with E-state index >= 15 is 0 Å². The van der Waals surface area contributed by atoms with Crippen LogP contribution in [0.5, 0.6) is 5.75 Å². The van der Waals surface area contributed by atoms with E-state index in [0.29, 0.717) is 12.1 Å². The van der Waals surface area contributed by atoms with E-state index in [9.17, 15) is 8.78 Å². The molecule has 0 heterocycles. The fraction of sp³-hybridized carbons (Fsp3) is 0.294. The van der Waals surface area contributed by atoms with Crippen LogP contribution in [0.3, 0.4) is 0 Å². The Bertz CT molecular complexity index is 648. The number of alkyl halides is 2. The predicted molar refractivity (Wildman–Crippen MR) is 80.6 cm³/mol. The zero-order valence-corrected chi connectivity index (χ0v) is 12.0. The molecule has 3 rings (SSSR count). The highest BCUT2D eigenvalue weighted by Crippen LogP contribution is 2.37. The Kier molecular flexibility index (Phi) is 4.36. The number of nitrogens with two attached hydrogens (primary N) is 1. The van der Waals surface area contributed by atoms with Gasteiger partial charge < -0.3 is 15.8 Å². The number of fused-ring (bicyclic) bond motifs is 1. The summed E-state index contributed by atoms with van der Waals surface area (Å²) in [5.41, 5.74) is 9.18. The summed E-state index contributed by atoms with van der Waals surface area (Å²) in [6, 6.07) is 15.0. The molecule has 2 aromatic carbocycles. The summed E-state index contributed by atoms with van der Waals surface area (Å²) in [5.74, 6) is 0.209. The van der Waals surface area contributed by atoms with Crippen LogP contribution in [0.4, 0.5) is 8.78 Å². The lowest BCUT2D eigenvalue weighted by Gasteiger charge is -2.16. The van der Waals surface area contributed by atoms with E-state index in [-0.39, 0.29) is 17.8 Å². The SMILES string of the molecule is NC1CC(NCc2ccccc2OC(F)F)c2ccccc21. The normalized spacial score (nSPS) is 20.2. The minimum atomic E-state index is -2.82. The Morgan fingerprint density at radius 1 is 1.09 bits per heavy atom. The van der Waals surface area contributed by atoms with Gasteiger partial charge in [0.05, 0.1) is 0 Å². The molecule has 5 heteroatoms. The maximum Gasteiger partial charge on any atom is 0.387 e. The van der Waals surface area contributed by atoms with Crippen LogP contribution >= 0.6 is 0 Å². The molecule has 1 aliphatic rings. The van der Waals surface area contributed by atoms with Crippen molar-refractivity contribution in [2.75, 3.05) is 0 Å². The van der Waals surface area contributed by atoms with Gasteiger partial charge in [-0.2, -0.15) is 8.78 Å². The molecule has 0 spiro atoms. The fourth-order valence-corrected chi connectivity index (χ4v) is 2.96. The first-order chi connectivity index (χ1) is 10.6. The molecule has 0 fully saturated rings. The second-order valence-corrected chi connectivity index (χ2v) is 5.39. The predicted octanol–water partition coefficient (Wildman–Crippen LogP) is 3.52. The molecule has 2 atom stereocenters. The minimum Gasteiger partial charge on any atom is -0.434 e. The highest BCUT2D eigenvalue weighted by molar-refractivity contribution is 5.38. The number of rotatable bonds is 5. The van der Waals surface area contributed by atoms with Crippen LogP contribution in [0.1, 0.15) is 35.2 Å². The third kappa shape index (κ3) is 3.10. The molecule has 116 valence electrons. The van der Waals surface area contributed by atoms with Crippen molar-refractivity contribution >= 4 is 0 Å². The van der Waals surface area contributed by atoms with E-state index in [0.717, 1.165) is 12.0 Å². The van der Waals surface area contributed by atoms with Crippen LogP contribution in [-0.4, -0.2) is 6.61 Å². The maximum absolute atomic E-state index is 12.4. The summed E-state index contributed by atoms with van der Waals surface area (Å²) in [7, 11) is 0. The quantitative estimate of drug-likeness (QED) is 0.888. The van der Waals surface area contributed by atoms with Crippen LogP contribution < -0.4 is 15.8 Å². The van der Waals surface area contributed by atoms with Crippen LogP contribution in [0.15, 0.2) is 48.5 Å². The number of para-hydroxylation sites is 1. The van der Waals surface area contributed by atoms with Gasteiger partial charge in [0.25, 0.3) is 0 Å². The Morgan fingerprint density at radius 2 is 1.77 bits per heavy atom. The van der Waals surface area contributed by atoms with Crippen LogP contribution in [-0.2, 0) is 6.54 Å². The molecule has 0 saturated carbocycles. The molecule has 2 aromatic rings. The van der Waals surface area contributed by atoms with E-state index in [1.54, 1.807) is 18.2 Å². The molecule has 3 nitrogen and oxygen atoms in total. The lowest BCUT2D eigenvalue weighted by atomic mass is 10.1. The zero-order valence-electron chi connectivity index (χ0n) is 12.0. The van der Waals surface area contributed by atoms with Crippen LogP contribution in [0, 0.1) is 0 Å². The standard InChI is InChI=1S/C17H18F2N2O/c18-17(19)22-16-8-4-1-5-11(16)10-21-15-9-14(20)12-6-2-3-7-13(12)15/h1-8,14-15,17,21H,9-10,20H2. The minimum absolute atomic E-state index is 0.0151. The summed E-state index contributed by atoms with van der Waals surface area (Å²) in [6.07, 6.45) is 0.803. The van der Waals surface area contributed by atoms with Gasteiger partial charge in [0.2, 0.25) is 0 Å². The van der Waals surface area contributed by atoms with Gasteiger partial charge in [0.15, 0.2) is 0 Å². The number of nitrogens with one attached hydrogen (secondary N) is 1. The van der Waals surface area contributed by atoms with E-state index in [4.69, 9.17) is 5.73 Å². The van der Waals surface area contributed by atoms with Gasteiger partial charge in [-0.3, -0.25) is 0 Å². The Labute approximate surface area is 128 Å². The van der Waals surface area contributed by atoms with E-state index in [2.05, 4.69) is 16.1 Å². The number of benzene rings is 2. The largest absolute Gasteiger partial charge is 0.434 e. The Morgan fingerprint density at radius 3 is 2.55 bits per heavy atom. The lowest BCUT2D eigenvalue weighted by molar-refractivity contribution is -0.0505. The van der Waals surface area contributed by atoms with Crippen molar-refractivity contribution in [2.24, 2.45) is 5.73 Å². The molecule has 22 heavy (non-hydrogen) atoms. The van der Waals surface area contributed by atoms with E-state index in [1.165, 1.54) is 5.56 Å². The van der Waals surface area contributed by atoms with Crippen molar-refractivity contribution in [3.05, 3.63) is 65.2 Å². The number of hydrogen-bond acceptors (Lipinski definition) is 3. The van der Waals surface area contributed by atoms with E-state index in [1.807, 2.05) is 24.3 Å². The molecule has 0 radical (unpaired) electrons. The molecule has 3 N–H and O–H groups in total. The second kappa shape index (κ2) is 6.42. The van der Waals surface area contributed by atoms with E-state index < -0.39 is 6.61 Å². The topological polar surface area (TPSA) is 47.3 Å². The monoisotopic (exact) mass is 304 g/mol. The molecule has 2 unspecified atom stereocenters. The van der Waals surface area contributed by atoms with Crippen molar-refractivity contribution in [1.82, 2.24) is 5.32 Å². The van der Waals surface area contributed by atoms with Gasteiger partial charge >= 0.3 is 6.61 Å². The molecule has 1 aliphatic carbocycles. The third-order valence-corrected chi connectivity index (χ3v) is 3.99. The van der Waals surface area contributed by atoms with Gasteiger partial charge in [-0.15, -0.1) is 0 Å².